The lowest BCUT2D eigenvalue weighted by Gasteiger charge is -2.17. The van der Waals surface area contributed by atoms with Crippen LogP contribution in [0.15, 0.2) is 18.2 Å². The van der Waals surface area contributed by atoms with E-state index in [-0.39, 0.29) is 5.91 Å². The second-order valence-electron chi connectivity index (χ2n) is 5.40. The highest BCUT2D eigenvalue weighted by Crippen LogP contribution is 2.25. The summed E-state index contributed by atoms with van der Waals surface area (Å²) >= 11 is 0. The number of ether oxygens (including phenoxy) is 1. The van der Waals surface area contributed by atoms with Crippen molar-refractivity contribution in [2.24, 2.45) is 5.92 Å². The summed E-state index contributed by atoms with van der Waals surface area (Å²) in [6.07, 6.45) is 3.53. The van der Waals surface area contributed by atoms with Crippen LogP contribution in [-0.4, -0.2) is 18.6 Å². The van der Waals surface area contributed by atoms with Crippen LogP contribution < -0.4 is 10.1 Å². The first-order valence-electron chi connectivity index (χ1n) is 7.16. The van der Waals surface area contributed by atoms with Crippen molar-refractivity contribution in [3.05, 3.63) is 29.3 Å². The maximum atomic E-state index is 12.2. The van der Waals surface area contributed by atoms with Gasteiger partial charge in [0.25, 0.3) is 5.91 Å². The molecule has 1 aromatic carbocycles. The van der Waals surface area contributed by atoms with E-state index in [1.165, 1.54) is 12.8 Å². The fourth-order valence-electron chi connectivity index (χ4n) is 2.72. The van der Waals surface area contributed by atoms with Gasteiger partial charge in [-0.15, -0.1) is 0 Å². The van der Waals surface area contributed by atoms with Gasteiger partial charge in [-0.25, -0.2) is 0 Å². The molecule has 1 saturated carbocycles. The molecule has 0 aromatic heterocycles. The molecule has 0 bridgehead atoms. The summed E-state index contributed by atoms with van der Waals surface area (Å²) in [7, 11) is 0. The SMILES string of the molecule is CCOc1ccc(C(=O)NC2CCCC2C)cc1C. The summed E-state index contributed by atoms with van der Waals surface area (Å²) in [6.45, 7) is 6.79. The average molecular weight is 261 g/mol. The van der Waals surface area contributed by atoms with Crippen molar-refractivity contribution in [2.45, 2.75) is 46.1 Å². The molecule has 3 nitrogen and oxygen atoms in total. The van der Waals surface area contributed by atoms with Gasteiger partial charge in [-0.3, -0.25) is 4.79 Å². The molecule has 3 heteroatoms. The first-order valence-corrected chi connectivity index (χ1v) is 7.16. The number of benzene rings is 1. The zero-order valence-electron chi connectivity index (χ0n) is 12.0. The molecule has 19 heavy (non-hydrogen) atoms. The van der Waals surface area contributed by atoms with Crippen molar-refractivity contribution in [2.75, 3.05) is 6.61 Å². The van der Waals surface area contributed by atoms with E-state index in [9.17, 15) is 4.79 Å². The Labute approximate surface area is 115 Å². The van der Waals surface area contributed by atoms with Gasteiger partial charge < -0.3 is 10.1 Å². The normalized spacial score (nSPS) is 22.3. The third-order valence-electron chi connectivity index (χ3n) is 3.91. The largest absolute Gasteiger partial charge is 0.494 e. The third-order valence-corrected chi connectivity index (χ3v) is 3.91. The fourth-order valence-corrected chi connectivity index (χ4v) is 2.72. The van der Waals surface area contributed by atoms with Gasteiger partial charge in [0.2, 0.25) is 0 Å². The lowest BCUT2D eigenvalue weighted by atomic mass is 10.1. The lowest BCUT2D eigenvalue weighted by Crippen LogP contribution is -2.36. The van der Waals surface area contributed by atoms with Crippen molar-refractivity contribution >= 4 is 5.91 Å². The Bertz CT molecular complexity index is 456. The monoisotopic (exact) mass is 261 g/mol. The van der Waals surface area contributed by atoms with Gasteiger partial charge in [0.1, 0.15) is 5.75 Å². The molecule has 2 rings (SSSR count). The van der Waals surface area contributed by atoms with Crippen molar-refractivity contribution < 1.29 is 9.53 Å². The number of hydrogen-bond donors (Lipinski definition) is 1. The zero-order valence-corrected chi connectivity index (χ0v) is 12.0. The molecule has 0 saturated heterocycles. The Kier molecular flexibility index (Phi) is 4.46. The van der Waals surface area contributed by atoms with Gasteiger partial charge in [0, 0.05) is 11.6 Å². The highest BCUT2D eigenvalue weighted by Gasteiger charge is 2.25. The molecule has 104 valence electrons. The number of rotatable bonds is 4. The van der Waals surface area contributed by atoms with Gasteiger partial charge in [0.05, 0.1) is 6.61 Å². The Hall–Kier alpha value is -1.51. The van der Waals surface area contributed by atoms with Gasteiger partial charge >= 0.3 is 0 Å². The molecule has 0 radical (unpaired) electrons. The van der Waals surface area contributed by atoms with E-state index in [4.69, 9.17) is 4.74 Å². The smallest absolute Gasteiger partial charge is 0.251 e. The van der Waals surface area contributed by atoms with Crippen molar-refractivity contribution in [1.82, 2.24) is 5.32 Å². The molecule has 1 aromatic rings. The minimum absolute atomic E-state index is 0.0323. The van der Waals surface area contributed by atoms with Crippen LogP contribution in [-0.2, 0) is 0 Å². The highest BCUT2D eigenvalue weighted by molar-refractivity contribution is 5.94. The van der Waals surface area contributed by atoms with E-state index in [1.54, 1.807) is 0 Å². The van der Waals surface area contributed by atoms with E-state index in [0.29, 0.717) is 18.6 Å². The van der Waals surface area contributed by atoms with Crippen molar-refractivity contribution in [3.8, 4) is 5.75 Å². The van der Waals surface area contributed by atoms with Crippen LogP contribution in [0.2, 0.25) is 0 Å². The molecule has 0 spiro atoms. The zero-order chi connectivity index (χ0) is 13.8. The van der Waals surface area contributed by atoms with E-state index >= 15 is 0 Å². The fraction of sp³-hybridized carbons (Fsp3) is 0.562. The van der Waals surface area contributed by atoms with Crippen LogP contribution in [0, 0.1) is 12.8 Å². The van der Waals surface area contributed by atoms with E-state index in [2.05, 4.69) is 12.2 Å². The number of hydrogen-bond acceptors (Lipinski definition) is 2. The second kappa shape index (κ2) is 6.09. The third kappa shape index (κ3) is 3.28. The van der Waals surface area contributed by atoms with E-state index in [1.807, 2.05) is 32.0 Å². The molecule has 1 aliphatic carbocycles. The Balaban J connectivity index is 2.04. The predicted molar refractivity (Wildman–Crippen MR) is 76.6 cm³/mol. The summed E-state index contributed by atoms with van der Waals surface area (Å²) in [5, 5.41) is 3.14. The molecule has 1 N–H and O–H groups in total. The van der Waals surface area contributed by atoms with Crippen LogP contribution in [0.1, 0.15) is 49.0 Å². The molecule has 1 aliphatic rings. The Morgan fingerprint density at radius 3 is 2.79 bits per heavy atom. The van der Waals surface area contributed by atoms with Gasteiger partial charge in [-0.2, -0.15) is 0 Å². The van der Waals surface area contributed by atoms with Crippen molar-refractivity contribution in [3.63, 3.8) is 0 Å². The molecule has 1 amide bonds. The van der Waals surface area contributed by atoms with Gasteiger partial charge in [0.15, 0.2) is 0 Å². The molecular formula is C16H23NO2. The topological polar surface area (TPSA) is 38.3 Å². The minimum atomic E-state index is 0.0323. The number of amides is 1. The quantitative estimate of drug-likeness (QED) is 0.903. The Morgan fingerprint density at radius 1 is 1.42 bits per heavy atom. The summed E-state index contributed by atoms with van der Waals surface area (Å²) < 4.78 is 5.49. The average Bonchev–Trinajstić information content (AvgIpc) is 2.78. The summed E-state index contributed by atoms with van der Waals surface area (Å²) in [6, 6.07) is 5.96. The minimum Gasteiger partial charge on any atom is -0.494 e. The first-order chi connectivity index (χ1) is 9.11. The molecule has 0 aliphatic heterocycles. The van der Waals surface area contributed by atoms with Crippen LogP contribution in [0.25, 0.3) is 0 Å². The van der Waals surface area contributed by atoms with Crippen LogP contribution in [0.5, 0.6) is 5.75 Å². The number of carbonyl (C=O) groups excluding carboxylic acids is 1. The molecular weight excluding hydrogens is 238 g/mol. The van der Waals surface area contributed by atoms with Gasteiger partial charge in [-0.1, -0.05) is 13.3 Å². The van der Waals surface area contributed by atoms with Gasteiger partial charge in [-0.05, 0) is 56.4 Å². The number of carbonyl (C=O) groups is 1. The van der Waals surface area contributed by atoms with Crippen molar-refractivity contribution in [1.29, 1.82) is 0 Å². The predicted octanol–water partition coefficient (Wildman–Crippen LogP) is 3.31. The first kappa shape index (κ1) is 13.9. The van der Waals surface area contributed by atoms with Crippen LogP contribution >= 0.6 is 0 Å². The molecule has 2 atom stereocenters. The summed E-state index contributed by atoms with van der Waals surface area (Å²) in [4.78, 5) is 12.2. The highest BCUT2D eigenvalue weighted by atomic mass is 16.5. The maximum Gasteiger partial charge on any atom is 0.251 e. The Morgan fingerprint density at radius 2 is 2.21 bits per heavy atom. The second-order valence-corrected chi connectivity index (χ2v) is 5.40. The van der Waals surface area contributed by atoms with E-state index in [0.717, 1.165) is 23.3 Å². The van der Waals surface area contributed by atoms with Crippen LogP contribution in [0.4, 0.5) is 0 Å². The maximum absolute atomic E-state index is 12.2. The van der Waals surface area contributed by atoms with Crippen LogP contribution in [0.3, 0.4) is 0 Å². The molecule has 1 fully saturated rings. The summed E-state index contributed by atoms with van der Waals surface area (Å²) in [5.74, 6) is 1.48. The van der Waals surface area contributed by atoms with E-state index < -0.39 is 0 Å². The number of aryl methyl sites for hydroxylation is 1. The lowest BCUT2D eigenvalue weighted by molar-refractivity contribution is 0.0929. The standard InChI is InChI=1S/C16H23NO2/c1-4-19-15-9-8-13(10-12(15)3)16(18)17-14-7-5-6-11(14)2/h8-11,14H,4-7H2,1-3H3,(H,17,18). The molecule has 2 unspecified atom stereocenters. The molecule has 0 heterocycles. The number of nitrogens with one attached hydrogen (secondary N) is 1. The summed E-state index contributed by atoms with van der Waals surface area (Å²) in [5.41, 5.74) is 1.73.